The average molecular weight is 298 g/mol. The van der Waals surface area contributed by atoms with Gasteiger partial charge in [-0.25, -0.2) is 4.98 Å². The van der Waals surface area contributed by atoms with E-state index >= 15 is 0 Å². The quantitative estimate of drug-likeness (QED) is 0.648. The second kappa shape index (κ2) is 4.60. The number of hydrogen-bond acceptors (Lipinski definition) is 4. The van der Waals surface area contributed by atoms with Crippen molar-refractivity contribution in [1.29, 1.82) is 0 Å². The van der Waals surface area contributed by atoms with Crippen LogP contribution in [0.1, 0.15) is 34.9 Å². The molecular weight excluding hydrogens is 284 g/mol. The molecule has 106 valence electrons. The van der Waals surface area contributed by atoms with Crippen molar-refractivity contribution in [3.8, 4) is 0 Å². The van der Waals surface area contributed by atoms with Crippen molar-refractivity contribution >= 4 is 39.0 Å². The van der Waals surface area contributed by atoms with Gasteiger partial charge in [0.05, 0.1) is 5.69 Å². The molecule has 5 nitrogen and oxygen atoms in total. The highest BCUT2D eigenvalue weighted by molar-refractivity contribution is 7.14. The van der Waals surface area contributed by atoms with Gasteiger partial charge in [0.15, 0.2) is 5.13 Å². The number of carbonyl (C=O) groups excluding carboxylic acids is 1. The fraction of sp³-hybridized carbons (Fsp3) is 0.200. The molecule has 21 heavy (non-hydrogen) atoms. The number of thiazole rings is 1. The maximum atomic E-state index is 12.3. The van der Waals surface area contributed by atoms with Gasteiger partial charge in [-0.3, -0.25) is 10.1 Å². The van der Waals surface area contributed by atoms with Crippen LogP contribution in [0, 0.1) is 0 Å². The third kappa shape index (κ3) is 2.38. The molecule has 0 saturated heterocycles. The molecule has 4 rings (SSSR count). The SMILES string of the molecule is Nc1ccc2[nH]c(C(=O)Nc3nc(C4CC4)cs3)cc2c1. The summed E-state index contributed by atoms with van der Waals surface area (Å²) >= 11 is 1.47. The van der Waals surface area contributed by atoms with Crippen LogP contribution in [0.4, 0.5) is 10.8 Å². The number of anilines is 2. The van der Waals surface area contributed by atoms with E-state index in [1.165, 1.54) is 24.2 Å². The zero-order valence-corrected chi connectivity index (χ0v) is 12.0. The summed E-state index contributed by atoms with van der Waals surface area (Å²) in [6, 6.07) is 7.33. The molecule has 0 unspecified atom stereocenters. The molecule has 4 N–H and O–H groups in total. The predicted octanol–water partition coefficient (Wildman–Crippen LogP) is 3.34. The number of rotatable bonds is 3. The predicted molar refractivity (Wildman–Crippen MR) is 84.8 cm³/mol. The van der Waals surface area contributed by atoms with E-state index in [1.54, 1.807) is 6.07 Å². The molecule has 1 aromatic carbocycles. The van der Waals surface area contributed by atoms with Crippen LogP contribution in [0.2, 0.25) is 0 Å². The molecule has 2 aromatic heterocycles. The normalized spacial score (nSPS) is 14.5. The highest BCUT2D eigenvalue weighted by atomic mass is 32.1. The average Bonchev–Trinajstić information content (AvgIpc) is 3.06. The minimum Gasteiger partial charge on any atom is -0.399 e. The summed E-state index contributed by atoms with van der Waals surface area (Å²) in [5.74, 6) is 0.421. The van der Waals surface area contributed by atoms with E-state index in [9.17, 15) is 4.79 Å². The van der Waals surface area contributed by atoms with E-state index in [4.69, 9.17) is 5.73 Å². The number of nitrogen functional groups attached to an aromatic ring is 1. The third-order valence-corrected chi connectivity index (χ3v) is 4.40. The molecule has 2 heterocycles. The Morgan fingerprint density at radius 1 is 1.38 bits per heavy atom. The summed E-state index contributed by atoms with van der Waals surface area (Å²) in [5, 5.41) is 6.45. The van der Waals surface area contributed by atoms with Gasteiger partial charge in [-0.05, 0) is 37.1 Å². The summed E-state index contributed by atoms with van der Waals surface area (Å²) in [4.78, 5) is 19.8. The zero-order valence-electron chi connectivity index (χ0n) is 11.2. The summed E-state index contributed by atoms with van der Waals surface area (Å²) in [6.45, 7) is 0. The first-order valence-electron chi connectivity index (χ1n) is 6.84. The topological polar surface area (TPSA) is 83.8 Å². The van der Waals surface area contributed by atoms with Crippen molar-refractivity contribution < 1.29 is 4.79 Å². The summed E-state index contributed by atoms with van der Waals surface area (Å²) in [7, 11) is 0. The Balaban J connectivity index is 1.57. The van der Waals surface area contributed by atoms with E-state index in [0.717, 1.165) is 16.6 Å². The Morgan fingerprint density at radius 3 is 3.05 bits per heavy atom. The molecule has 1 aliphatic carbocycles. The van der Waals surface area contributed by atoms with Gasteiger partial charge >= 0.3 is 0 Å². The lowest BCUT2D eigenvalue weighted by Gasteiger charge is -1.98. The number of aromatic amines is 1. The van der Waals surface area contributed by atoms with E-state index in [2.05, 4.69) is 15.3 Å². The lowest BCUT2D eigenvalue weighted by molar-refractivity contribution is 0.102. The van der Waals surface area contributed by atoms with Crippen LogP contribution in [-0.2, 0) is 0 Å². The van der Waals surface area contributed by atoms with E-state index in [0.29, 0.717) is 22.4 Å². The second-order valence-corrected chi connectivity index (χ2v) is 6.19. The van der Waals surface area contributed by atoms with E-state index in [-0.39, 0.29) is 5.91 Å². The fourth-order valence-electron chi connectivity index (χ4n) is 2.35. The van der Waals surface area contributed by atoms with Crippen molar-refractivity contribution in [2.24, 2.45) is 0 Å². The number of fused-ring (bicyclic) bond motifs is 1. The lowest BCUT2D eigenvalue weighted by Crippen LogP contribution is -2.12. The van der Waals surface area contributed by atoms with Gasteiger partial charge < -0.3 is 10.7 Å². The van der Waals surface area contributed by atoms with Crippen molar-refractivity contribution in [2.75, 3.05) is 11.1 Å². The smallest absolute Gasteiger partial charge is 0.273 e. The number of amides is 1. The largest absolute Gasteiger partial charge is 0.399 e. The maximum absolute atomic E-state index is 12.3. The number of nitrogens with zero attached hydrogens (tertiary/aromatic N) is 1. The highest BCUT2D eigenvalue weighted by Gasteiger charge is 2.26. The van der Waals surface area contributed by atoms with Crippen LogP contribution >= 0.6 is 11.3 Å². The monoisotopic (exact) mass is 298 g/mol. The molecular formula is C15H14N4OS. The molecule has 6 heteroatoms. The first kappa shape index (κ1) is 12.4. The zero-order chi connectivity index (χ0) is 14.4. The van der Waals surface area contributed by atoms with Gasteiger partial charge in [-0.2, -0.15) is 0 Å². The van der Waals surface area contributed by atoms with Crippen LogP contribution in [0.25, 0.3) is 10.9 Å². The van der Waals surface area contributed by atoms with Gasteiger partial charge in [-0.15, -0.1) is 11.3 Å². The van der Waals surface area contributed by atoms with Crippen molar-refractivity contribution in [2.45, 2.75) is 18.8 Å². The molecule has 3 aromatic rings. The van der Waals surface area contributed by atoms with E-state index in [1.807, 2.05) is 23.6 Å². The standard InChI is InChI=1S/C15H14N4OS/c16-10-3-4-11-9(5-10)6-12(17-11)14(20)19-15-18-13(7-21-15)8-1-2-8/h3-8,17H,1-2,16H2,(H,18,19,20). The Hall–Kier alpha value is -2.34. The second-order valence-electron chi connectivity index (χ2n) is 5.34. The van der Waals surface area contributed by atoms with Crippen LogP contribution in [0.3, 0.4) is 0 Å². The lowest BCUT2D eigenvalue weighted by atomic mass is 10.2. The highest BCUT2D eigenvalue weighted by Crippen LogP contribution is 2.40. The molecule has 0 radical (unpaired) electrons. The first-order chi connectivity index (χ1) is 10.2. The maximum Gasteiger partial charge on any atom is 0.273 e. The minimum absolute atomic E-state index is 0.179. The molecule has 0 atom stereocenters. The summed E-state index contributed by atoms with van der Waals surface area (Å²) in [5.41, 5.74) is 8.94. The number of hydrogen-bond donors (Lipinski definition) is 3. The molecule has 1 fully saturated rings. The Labute approximate surface area is 125 Å². The number of H-pyrrole nitrogens is 1. The summed E-state index contributed by atoms with van der Waals surface area (Å²) < 4.78 is 0. The molecule has 0 aliphatic heterocycles. The summed E-state index contributed by atoms with van der Waals surface area (Å²) in [6.07, 6.45) is 2.42. The van der Waals surface area contributed by atoms with Gasteiger partial charge in [-0.1, -0.05) is 0 Å². The van der Waals surface area contributed by atoms with Crippen molar-refractivity contribution in [3.05, 3.63) is 41.0 Å². The number of carbonyl (C=O) groups is 1. The van der Waals surface area contributed by atoms with E-state index < -0.39 is 0 Å². The molecule has 1 aliphatic rings. The van der Waals surface area contributed by atoms with Gasteiger partial charge in [0.2, 0.25) is 0 Å². The van der Waals surface area contributed by atoms with Crippen LogP contribution in [0.5, 0.6) is 0 Å². The first-order valence-corrected chi connectivity index (χ1v) is 7.72. The van der Waals surface area contributed by atoms with Gasteiger partial charge in [0.25, 0.3) is 5.91 Å². The van der Waals surface area contributed by atoms with Crippen LogP contribution in [0.15, 0.2) is 29.6 Å². The number of benzene rings is 1. The fourth-order valence-corrected chi connectivity index (χ4v) is 3.14. The van der Waals surface area contributed by atoms with Crippen molar-refractivity contribution in [1.82, 2.24) is 9.97 Å². The molecule has 1 amide bonds. The Bertz CT molecular complexity index is 831. The molecule has 0 bridgehead atoms. The number of nitrogens with one attached hydrogen (secondary N) is 2. The molecule has 1 saturated carbocycles. The van der Waals surface area contributed by atoms with Crippen molar-refractivity contribution in [3.63, 3.8) is 0 Å². The number of nitrogens with two attached hydrogens (primary N) is 1. The van der Waals surface area contributed by atoms with Gasteiger partial charge in [0, 0.05) is 27.9 Å². The third-order valence-electron chi connectivity index (χ3n) is 3.63. The number of aromatic nitrogens is 2. The molecule has 0 spiro atoms. The van der Waals surface area contributed by atoms with Crippen LogP contribution in [-0.4, -0.2) is 15.9 Å². The Kier molecular flexibility index (Phi) is 2.71. The minimum atomic E-state index is -0.179. The van der Waals surface area contributed by atoms with Crippen LogP contribution < -0.4 is 11.1 Å². The van der Waals surface area contributed by atoms with Gasteiger partial charge in [0.1, 0.15) is 5.69 Å². The Morgan fingerprint density at radius 2 is 2.24 bits per heavy atom.